The lowest BCUT2D eigenvalue weighted by molar-refractivity contribution is -0.117. The molecular formula is C15H17N3OS. The van der Waals surface area contributed by atoms with Crippen molar-refractivity contribution in [2.45, 2.75) is 38.5 Å². The van der Waals surface area contributed by atoms with E-state index >= 15 is 0 Å². The molecule has 0 radical (unpaired) electrons. The maximum atomic E-state index is 12.5. The Kier molecular flexibility index (Phi) is 3.78. The molecule has 1 aromatic heterocycles. The van der Waals surface area contributed by atoms with E-state index in [-0.39, 0.29) is 11.8 Å². The van der Waals surface area contributed by atoms with Crippen molar-refractivity contribution in [1.82, 2.24) is 10.2 Å². The number of aromatic nitrogens is 2. The molecule has 20 heavy (non-hydrogen) atoms. The maximum Gasteiger partial charge on any atom is 0.233 e. The van der Waals surface area contributed by atoms with Gasteiger partial charge in [0, 0.05) is 0 Å². The van der Waals surface area contributed by atoms with E-state index in [1.54, 1.807) is 0 Å². The standard InChI is InChI=1S/C15H17N3OS/c1-2-13-17-18-15(20-13)16-14(19)12-9-5-7-10-6-3-4-8-11(10)12/h3-4,6,8,12H,2,5,7,9H2,1H3,(H,16,18,19). The molecular weight excluding hydrogens is 270 g/mol. The number of hydrogen-bond acceptors (Lipinski definition) is 4. The first-order valence-electron chi connectivity index (χ1n) is 6.99. The molecule has 4 nitrogen and oxygen atoms in total. The molecule has 0 aliphatic heterocycles. The Bertz CT molecular complexity index is 623. The predicted octanol–water partition coefficient (Wildman–Crippen LogP) is 3.16. The molecule has 0 spiro atoms. The Hall–Kier alpha value is -1.75. The lowest BCUT2D eigenvalue weighted by atomic mass is 9.82. The lowest BCUT2D eigenvalue weighted by Crippen LogP contribution is -2.24. The van der Waals surface area contributed by atoms with Crippen molar-refractivity contribution in [2.75, 3.05) is 5.32 Å². The molecule has 1 aromatic carbocycles. The number of benzene rings is 1. The average molecular weight is 287 g/mol. The monoisotopic (exact) mass is 287 g/mol. The minimum absolute atomic E-state index is 0.0379. The van der Waals surface area contributed by atoms with Crippen molar-refractivity contribution < 1.29 is 4.79 Å². The van der Waals surface area contributed by atoms with Crippen LogP contribution in [0.4, 0.5) is 5.13 Å². The fraction of sp³-hybridized carbons (Fsp3) is 0.400. The summed E-state index contributed by atoms with van der Waals surface area (Å²) in [6, 6.07) is 8.23. The highest BCUT2D eigenvalue weighted by molar-refractivity contribution is 7.15. The van der Waals surface area contributed by atoms with Crippen LogP contribution >= 0.6 is 11.3 Å². The molecule has 1 heterocycles. The van der Waals surface area contributed by atoms with Crippen LogP contribution in [0, 0.1) is 0 Å². The highest BCUT2D eigenvalue weighted by Gasteiger charge is 2.26. The number of fused-ring (bicyclic) bond motifs is 1. The van der Waals surface area contributed by atoms with Crippen LogP contribution in [0.25, 0.3) is 0 Å². The van der Waals surface area contributed by atoms with Crippen LogP contribution in [0.5, 0.6) is 0 Å². The van der Waals surface area contributed by atoms with Gasteiger partial charge in [-0.15, -0.1) is 10.2 Å². The zero-order chi connectivity index (χ0) is 13.9. The van der Waals surface area contributed by atoms with Crippen molar-refractivity contribution in [3.63, 3.8) is 0 Å². The zero-order valence-electron chi connectivity index (χ0n) is 11.4. The third-order valence-electron chi connectivity index (χ3n) is 3.69. The van der Waals surface area contributed by atoms with Crippen LogP contribution < -0.4 is 5.32 Å². The minimum atomic E-state index is -0.0612. The number of carbonyl (C=O) groups excluding carboxylic acids is 1. The second-order valence-corrected chi connectivity index (χ2v) is 6.05. The van der Waals surface area contributed by atoms with Crippen LogP contribution in [0.15, 0.2) is 24.3 Å². The normalized spacial score (nSPS) is 17.6. The molecule has 1 N–H and O–H groups in total. The van der Waals surface area contributed by atoms with E-state index in [1.807, 2.05) is 19.1 Å². The highest BCUT2D eigenvalue weighted by Crippen LogP contribution is 2.32. The van der Waals surface area contributed by atoms with E-state index in [0.29, 0.717) is 5.13 Å². The van der Waals surface area contributed by atoms with E-state index in [4.69, 9.17) is 0 Å². The van der Waals surface area contributed by atoms with Gasteiger partial charge in [0.25, 0.3) is 0 Å². The molecule has 0 saturated carbocycles. The first-order valence-corrected chi connectivity index (χ1v) is 7.80. The number of rotatable bonds is 3. The van der Waals surface area contributed by atoms with Gasteiger partial charge in [0.1, 0.15) is 5.01 Å². The van der Waals surface area contributed by atoms with Crippen LogP contribution in [0.3, 0.4) is 0 Å². The lowest BCUT2D eigenvalue weighted by Gasteiger charge is -2.24. The SMILES string of the molecule is CCc1nnc(NC(=O)C2CCCc3ccccc32)s1. The summed E-state index contributed by atoms with van der Waals surface area (Å²) in [5.74, 6) is -0.0233. The molecule has 1 atom stereocenters. The van der Waals surface area contributed by atoms with Gasteiger partial charge in [0.2, 0.25) is 11.0 Å². The summed E-state index contributed by atoms with van der Waals surface area (Å²) in [7, 11) is 0. The molecule has 2 aromatic rings. The first-order chi connectivity index (χ1) is 9.78. The van der Waals surface area contributed by atoms with E-state index in [9.17, 15) is 4.79 Å². The van der Waals surface area contributed by atoms with Crippen molar-refractivity contribution in [3.8, 4) is 0 Å². The molecule has 1 unspecified atom stereocenters. The molecule has 0 fully saturated rings. The Labute approximate surface area is 122 Å². The Morgan fingerprint density at radius 3 is 3.05 bits per heavy atom. The number of anilines is 1. The van der Waals surface area contributed by atoms with Gasteiger partial charge < -0.3 is 0 Å². The smallest absolute Gasteiger partial charge is 0.233 e. The fourth-order valence-electron chi connectivity index (χ4n) is 2.67. The molecule has 1 aliphatic rings. The molecule has 1 amide bonds. The predicted molar refractivity (Wildman–Crippen MR) is 80.0 cm³/mol. The van der Waals surface area contributed by atoms with E-state index in [0.717, 1.165) is 36.3 Å². The van der Waals surface area contributed by atoms with Crippen LogP contribution in [0.1, 0.15) is 41.8 Å². The van der Waals surface area contributed by atoms with E-state index < -0.39 is 0 Å². The number of nitrogens with one attached hydrogen (secondary N) is 1. The number of carbonyl (C=O) groups is 1. The van der Waals surface area contributed by atoms with E-state index in [1.165, 1.54) is 16.9 Å². The Morgan fingerprint density at radius 1 is 1.40 bits per heavy atom. The van der Waals surface area contributed by atoms with Crippen molar-refractivity contribution in [1.29, 1.82) is 0 Å². The Balaban J connectivity index is 1.78. The van der Waals surface area contributed by atoms with E-state index in [2.05, 4.69) is 27.6 Å². The summed E-state index contributed by atoms with van der Waals surface area (Å²) in [4.78, 5) is 12.5. The highest BCUT2D eigenvalue weighted by atomic mass is 32.1. The number of hydrogen-bond donors (Lipinski definition) is 1. The van der Waals surface area contributed by atoms with Gasteiger partial charge in [0.15, 0.2) is 0 Å². The quantitative estimate of drug-likeness (QED) is 0.943. The second kappa shape index (κ2) is 5.71. The van der Waals surface area contributed by atoms with Gasteiger partial charge in [-0.2, -0.15) is 0 Å². The third kappa shape index (κ3) is 2.58. The molecule has 1 aliphatic carbocycles. The topological polar surface area (TPSA) is 54.9 Å². The maximum absolute atomic E-state index is 12.5. The summed E-state index contributed by atoms with van der Waals surface area (Å²) >= 11 is 1.45. The van der Waals surface area contributed by atoms with Gasteiger partial charge in [-0.3, -0.25) is 10.1 Å². The fourth-order valence-corrected chi connectivity index (χ4v) is 3.35. The molecule has 5 heteroatoms. The first kappa shape index (κ1) is 13.2. The summed E-state index contributed by atoms with van der Waals surface area (Å²) < 4.78 is 0. The third-order valence-corrected chi connectivity index (χ3v) is 4.67. The summed E-state index contributed by atoms with van der Waals surface area (Å²) in [5, 5.41) is 12.5. The van der Waals surface area contributed by atoms with Crippen molar-refractivity contribution in [3.05, 3.63) is 40.4 Å². The summed E-state index contributed by atoms with van der Waals surface area (Å²) in [5.41, 5.74) is 2.46. The molecule has 104 valence electrons. The summed E-state index contributed by atoms with van der Waals surface area (Å²) in [6.45, 7) is 2.03. The van der Waals surface area contributed by atoms with Crippen LogP contribution in [-0.4, -0.2) is 16.1 Å². The van der Waals surface area contributed by atoms with Crippen LogP contribution in [-0.2, 0) is 17.6 Å². The van der Waals surface area contributed by atoms with Gasteiger partial charge in [-0.05, 0) is 36.8 Å². The van der Waals surface area contributed by atoms with Gasteiger partial charge in [-0.1, -0.05) is 42.5 Å². The van der Waals surface area contributed by atoms with Crippen molar-refractivity contribution >= 4 is 22.4 Å². The van der Waals surface area contributed by atoms with Gasteiger partial charge in [0.05, 0.1) is 5.92 Å². The summed E-state index contributed by atoms with van der Waals surface area (Å²) in [6.07, 6.45) is 3.88. The zero-order valence-corrected chi connectivity index (χ0v) is 12.2. The Morgan fingerprint density at radius 2 is 2.25 bits per heavy atom. The second-order valence-electron chi connectivity index (χ2n) is 4.99. The minimum Gasteiger partial charge on any atom is -0.300 e. The van der Waals surface area contributed by atoms with Gasteiger partial charge in [-0.25, -0.2) is 0 Å². The number of amides is 1. The molecule has 0 bridgehead atoms. The van der Waals surface area contributed by atoms with Crippen LogP contribution in [0.2, 0.25) is 0 Å². The van der Waals surface area contributed by atoms with Crippen molar-refractivity contribution in [2.24, 2.45) is 0 Å². The van der Waals surface area contributed by atoms with Gasteiger partial charge >= 0.3 is 0 Å². The average Bonchev–Trinajstić information content (AvgIpc) is 2.94. The molecule has 0 saturated heterocycles. The number of aryl methyl sites for hydroxylation is 2. The largest absolute Gasteiger partial charge is 0.300 e. The molecule has 3 rings (SSSR count). The number of nitrogens with zero attached hydrogens (tertiary/aromatic N) is 2.